The van der Waals surface area contributed by atoms with Crippen molar-refractivity contribution in [2.75, 3.05) is 13.1 Å². The number of halogens is 4. The van der Waals surface area contributed by atoms with Gasteiger partial charge in [0.25, 0.3) is 5.91 Å². The molecule has 0 N–H and O–H groups in total. The van der Waals surface area contributed by atoms with Crippen LogP contribution in [0.1, 0.15) is 34.0 Å². The smallest absolute Gasteiger partial charge is 0.420 e. The molecule has 32 heavy (non-hydrogen) atoms. The molecule has 0 unspecified atom stereocenters. The molecule has 4 aromatic rings. The lowest BCUT2D eigenvalue weighted by Crippen LogP contribution is -2.29. The van der Waals surface area contributed by atoms with Crippen molar-refractivity contribution in [2.45, 2.75) is 18.5 Å². The highest BCUT2D eigenvalue weighted by molar-refractivity contribution is 6.33. The molecule has 4 heterocycles. The van der Waals surface area contributed by atoms with Crippen molar-refractivity contribution in [2.24, 2.45) is 0 Å². The third-order valence-corrected chi connectivity index (χ3v) is 6.13. The second-order valence-corrected chi connectivity index (χ2v) is 8.10. The number of carbonyl (C=O) groups excluding carboxylic acids is 1. The molecule has 164 valence electrons. The molecule has 1 atom stereocenters. The molecule has 1 fully saturated rings. The van der Waals surface area contributed by atoms with Crippen LogP contribution >= 0.6 is 11.6 Å². The lowest BCUT2D eigenvalue weighted by Gasteiger charge is -2.15. The zero-order valence-electron chi connectivity index (χ0n) is 16.6. The molecule has 0 aliphatic carbocycles. The lowest BCUT2D eigenvalue weighted by molar-refractivity contribution is -0.136. The third-order valence-electron chi connectivity index (χ3n) is 5.77. The van der Waals surface area contributed by atoms with Gasteiger partial charge in [-0.05, 0) is 24.1 Å². The van der Waals surface area contributed by atoms with E-state index >= 15 is 0 Å². The fourth-order valence-electron chi connectivity index (χ4n) is 4.14. The van der Waals surface area contributed by atoms with Gasteiger partial charge in [-0.3, -0.25) is 9.20 Å². The molecule has 0 saturated carbocycles. The van der Waals surface area contributed by atoms with Gasteiger partial charge in [-0.2, -0.15) is 13.2 Å². The predicted octanol–water partition coefficient (Wildman–Crippen LogP) is 5.90. The Morgan fingerprint density at radius 1 is 1.16 bits per heavy atom. The van der Waals surface area contributed by atoms with E-state index in [1.807, 2.05) is 30.3 Å². The highest BCUT2D eigenvalue weighted by atomic mass is 35.5. The van der Waals surface area contributed by atoms with E-state index in [0.717, 1.165) is 22.5 Å². The maximum absolute atomic E-state index is 13.8. The van der Waals surface area contributed by atoms with E-state index in [1.54, 1.807) is 11.0 Å². The van der Waals surface area contributed by atoms with Gasteiger partial charge in [-0.15, -0.1) is 0 Å². The molecule has 1 aliphatic rings. The zero-order chi connectivity index (χ0) is 22.5. The van der Waals surface area contributed by atoms with Gasteiger partial charge in [-0.1, -0.05) is 41.9 Å². The summed E-state index contributed by atoms with van der Waals surface area (Å²) >= 11 is 6.40. The van der Waals surface area contributed by atoms with Crippen molar-refractivity contribution in [3.05, 3.63) is 83.2 Å². The van der Waals surface area contributed by atoms with Gasteiger partial charge in [0.15, 0.2) is 11.3 Å². The Hall–Kier alpha value is -3.26. The number of alkyl halides is 3. The van der Waals surface area contributed by atoms with Crippen LogP contribution in [-0.2, 0) is 6.18 Å². The molecule has 1 aromatic carbocycles. The van der Waals surface area contributed by atoms with Crippen LogP contribution in [0.5, 0.6) is 0 Å². The van der Waals surface area contributed by atoms with Gasteiger partial charge in [0.05, 0.1) is 18.1 Å². The SMILES string of the molecule is O=C(c1nc2c(C(F)(F)F)cc(-c3ccoc3)cn2c1Cl)N1CC[C@H](c2ccccc2)C1. The number of aromatic nitrogens is 2. The lowest BCUT2D eigenvalue weighted by atomic mass is 9.99. The van der Waals surface area contributed by atoms with Gasteiger partial charge < -0.3 is 9.32 Å². The van der Waals surface area contributed by atoms with E-state index in [9.17, 15) is 18.0 Å². The van der Waals surface area contributed by atoms with Crippen LogP contribution in [0.4, 0.5) is 13.2 Å². The summed E-state index contributed by atoms with van der Waals surface area (Å²) in [7, 11) is 0. The summed E-state index contributed by atoms with van der Waals surface area (Å²) in [5.74, 6) is -0.315. The van der Waals surface area contributed by atoms with Crippen LogP contribution in [-0.4, -0.2) is 33.3 Å². The molecule has 0 radical (unpaired) electrons. The maximum atomic E-state index is 13.8. The largest absolute Gasteiger partial charge is 0.472 e. The summed E-state index contributed by atoms with van der Waals surface area (Å²) in [5, 5.41) is -0.149. The van der Waals surface area contributed by atoms with Crippen LogP contribution in [0.2, 0.25) is 5.15 Å². The minimum atomic E-state index is -4.68. The monoisotopic (exact) mass is 459 g/mol. The minimum absolute atomic E-state index is 0.149. The Kier molecular flexibility index (Phi) is 4.97. The van der Waals surface area contributed by atoms with Crippen LogP contribution in [0, 0.1) is 0 Å². The van der Waals surface area contributed by atoms with E-state index in [0.29, 0.717) is 18.7 Å². The molecule has 5 nitrogen and oxygen atoms in total. The van der Waals surface area contributed by atoms with E-state index in [1.165, 1.54) is 18.7 Å². The number of rotatable bonds is 3. The average molecular weight is 460 g/mol. The predicted molar refractivity (Wildman–Crippen MR) is 113 cm³/mol. The highest BCUT2D eigenvalue weighted by Gasteiger charge is 2.37. The maximum Gasteiger partial charge on any atom is 0.420 e. The number of imidazole rings is 1. The molecular formula is C23H17ClF3N3O2. The summed E-state index contributed by atoms with van der Waals surface area (Å²) in [5.41, 5.74) is 0.267. The zero-order valence-corrected chi connectivity index (χ0v) is 17.4. The molecule has 1 amide bonds. The van der Waals surface area contributed by atoms with Gasteiger partial charge in [0.1, 0.15) is 5.15 Å². The minimum Gasteiger partial charge on any atom is -0.472 e. The molecule has 5 rings (SSSR count). The topological polar surface area (TPSA) is 50.8 Å². The summed E-state index contributed by atoms with van der Waals surface area (Å²) < 4.78 is 47.5. The number of benzene rings is 1. The van der Waals surface area contributed by atoms with Crippen LogP contribution in [0.25, 0.3) is 16.8 Å². The number of nitrogens with zero attached hydrogens (tertiary/aromatic N) is 3. The van der Waals surface area contributed by atoms with Gasteiger partial charge in [0, 0.05) is 36.3 Å². The second-order valence-electron chi connectivity index (χ2n) is 7.74. The van der Waals surface area contributed by atoms with Crippen molar-refractivity contribution in [1.29, 1.82) is 0 Å². The second kappa shape index (κ2) is 7.70. The normalized spacial score (nSPS) is 16.8. The molecule has 9 heteroatoms. The standard InChI is InChI=1S/C23H17ClF3N3O2/c24-20-19(22(31)29-8-6-15(11-29)14-4-2-1-3-5-14)28-21-18(23(25,26)27)10-17(12-30(20)21)16-7-9-32-13-16/h1-5,7,9-10,12-13,15H,6,8,11H2/t15-/m0/s1. The quantitative estimate of drug-likeness (QED) is 0.383. The number of fused-ring (bicyclic) bond motifs is 1. The number of furan rings is 1. The van der Waals surface area contributed by atoms with Crippen molar-refractivity contribution in [3.63, 3.8) is 0 Å². The average Bonchev–Trinajstić information content (AvgIpc) is 3.53. The number of carbonyl (C=O) groups is 1. The first-order valence-electron chi connectivity index (χ1n) is 9.98. The van der Waals surface area contributed by atoms with E-state index in [-0.39, 0.29) is 22.3 Å². The van der Waals surface area contributed by atoms with Crippen molar-refractivity contribution in [1.82, 2.24) is 14.3 Å². The number of hydrogen-bond donors (Lipinski definition) is 0. The van der Waals surface area contributed by atoms with Crippen molar-refractivity contribution >= 4 is 23.2 Å². The van der Waals surface area contributed by atoms with Crippen molar-refractivity contribution in [3.8, 4) is 11.1 Å². The number of pyridine rings is 1. The van der Waals surface area contributed by atoms with Gasteiger partial charge in [-0.25, -0.2) is 4.98 Å². The number of amides is 1. The number of hydrogen-bond acceptors (Lipinski definition) is 3. The molecule has 1 aliphatic heterocycles. The summed E-state index contributed by atoms with van der Waals surface area (Å²) in [6, 6.07) is 12.3. The third kappa shape index (κ3) is 3.54. The first-order valence-corrected chi connectivity index (χ1v) is 10.4. The van der Waals surface area contributed by atoms with Crippen LogP contribution < -0.4 is 0 Å². The van der Waals surface area contributed by atoms with E-state index < -0.39 is 23.3 Å². The molecule has 0 spiro atoms. The molecule has 3 aromatic heterocycles. The van der Waals surface area contributed by atoms with Crippen LogP contribution in [0.3, 0.4) is 0 Å². The Morgan fingerprint density at radius 2 is 1.94 bits per heavy atom. The summed E-state index contributed by atoms with van der Waals surface area (Å²) in [6.07, 6.45) is 0.222. The van der Waals surface area contributed by atoms with E-state index in [4.69, 9.17) is 16.0 Å². The Labute approximate surface area is 186 Å². The molecule has 0 bridgehead atoms. The number of likely N-dealkylation sites (tertiary alicyclic amines) is 1. The van der Waals surface area contributed by atoms with Gasteiger partial charge in [0.2, 0.25) is 0 Å². The fraction of sp³-hybridized carbons (Fsp3) is 0.217. The fourth-order valence-corrected chi connectivity index (χ4v) is 4.39. The molecular weight excluding hydrogens is 443 g/mol. The Morgan fingerprint density at radius 3 is 2.62 bits per heavy atom. The summed E-state index contributed by atoms with van der Waals surface area (Å²) in [4.78, 5) is 18.8. The Bertz CT molecular complexity index is 1280. The van der Waals surface area contributed by atoms with Gasteiger partial charge >= 0.3 is 6.18 Å². The first-order chi connectivity index (χ1) is 15.3. The van der Waals surface area contributed by atoms with E-state index in [2.05, 4.69) is 4.98 Å². The molecule has 1 saturated heterocycles. The van der Waals surface area contributed by atoms with Crippen molar-refractivity contribution < 1.29 is 22.4 Å². The van der Waals surface area contributed by atoms with Crippen LogP contribution in [0.15, 0.2) is 65.6 Å². The first kappa shape index (κ1) is 20.6. The summed E-state index contributed by atoms with van der Waals surface area (Å²) in [6.45, 7) is 0.939. The Balaban J connectivity index is 1.54. The highest BCUT2D eigenvalue weighted by Crippen LogP contribution is 2.37.